The van der Waals surface area contributed by atoms with Gasteiger partial charge in [0, 0.05) is 12.6 Å². The number of hydrogen-bond acceptors (Lipinski definition) is 2. The Morgan fingerprint density at radius 1 is 1.24 bits per heavy atom. The maximum absolute atomic E-state index is 13.5. The lowest BCUT2D eigenvalue weighted by atomic mass is 10.2. The average molecular weight is 253 g/mol. The van der Waals surface area contributed by atoms with Gasteiger partial charge in [-0.15, -0.1) is 0 Å². The molecule has 4 heteroatoms. The smallest absolute Gasteiger partial charge is 0.146 e. The molecule has 17 heavy (non-hydrogen) atoms. The van der Waals surface area contributed by atoms with E-state index in [4.69, 9.17) is 0 Å². The normalized spacial score (nSPS) is 10.5. The number of anilines is 1. The third kappa shape index (κ3) is 3.03. The van der Waals surface area contributed by atoms with Gasteiger partial charge in [0.15, 0.2) is 0 Å². The molecule has 0 unspecified atom stereocenters. The summed E-state index contributed by atoms with van der Waals surface area (Å²) in [5, 5.41) is 6.96. The first kappa shape index (κ1) is 12.0. The summed E-state index contributed by atoms with van der Waals surface area (Å²) in [4.78, 5) is 0. The quantitative estimate of drug-likeness (QED) is 0.868. The zero-order valence-electron chi connectivity index (χ0n) is 9.47. The summed E-state index contributed by atoms with van der Waals surface area (Å²) in [5.74, 6) is -0.793. The monoisotopic (exact) mass is 253 g/mol. The van der Waals surface area contributed by atoms with Gasteiger partial charge in [-0.1, -0.05) is 0 Å². The minimum atomic E-state index is -0.408. The van der Waals surface area contributed by atoms with Crippen LogP contribution >= 0.6 is 11.3 Å². The Morgan fingerprint density at radius 2 is 2.06 bits per heavy atom. The minimum absolute atomic E-state index is 0.225. The third-order valence-corrected chi connectivity index (χ3v) is 3.29. The van der Waals surface area contributed by atoms with Crippen LogP contribution in [0.25, 0.3) is 0 Å². The Bertz CT molecular complexity index is 494. The molecule has 0 fully saturated rings. The Morgan fingerprint density at radius 3 is 2.76 bits per heavy atom. The molecule has 0 aliphatic rings. The van der Waals surface area contributed by atoms with Gasteiger partial charge >= 0.3 is 0 Å². The Hall–Kier alpha value is -1.42. The molecule has 1 aromatic heterocycles. The zero-order valence-corrected chi connectivity index (χ0v) is 10.3. The van der Waals surface area contributed by atoms with Gasteiger partial charge in [-0.2, -0.15) is 11.3 Å². The zero-order chi connectivity index (χ0) is 12.3. The van der Waals surface area contributed by atoms with Gasteiger partial charge in [0.1, 0.15) is 11.6 Å². The molecule has 90 valence electrons. The van der Waals surface area contributed by atoms with Crippen molar-refractivity contribution in [2.45, 2.75) is 13.3 Å². The number of hydrogen-bond donors (Lipinski definition) is 1. The first-order valence-electron chi connectivity index (χ1n) is 5.37. The number of thiophene rings is 1. The lowest BCUT2D eigenvalue weighted by molar-refractivity contribution is 0.594. The highest BCUT2D eigenvalue weighted by molar-refractivity contribution is 7.07. The lowest BCUT2D eigenvalue weighted by Crippen LogP contribution is -2.06. The van der Waals surface area contributed by atoms with Gasteiger partial charge in [0.25, 0.3) is 0 Å². The number of halogens is 2. The predicted molar refractivity (Wildman–Crippen MR) is 67.6 cm³/mol. The van der Waals surface area contributed by atoms with E-state index in [0.29, 0.717) is 12.1 Å². The van der Waals surface area contributed by atoms with Crippen molar-refractivity contribution in [1.29, 1.82) is 0 Å². The van der Waals surface area contributed by atoms with Crippen LogP contribution in [0.1, 0.15) is 11.1 Å². The Kier molecular flexibility index (Phi) is 3.74. The number of aryl methyl sites for hydroxylation is 1. The van der Waals surface area contributed by atoms with Crippen LogP contribution in [0, 0.1) is 18.6 Å². The van der Waals surface area contributed by atoms with E-state index in [0.717, 1.165) is 6.42 Å². The van der Waals surface area contributed by atoms with Gasteiger partial charge < -0.3 is 5.32 Å². The van der Waals surface area contributed by atoms with Crippen molar-refractivity contribution in [3.8, 4) is 0 Å². The molecule has 0 aliphatic heterocycles. The molecular weight excluding hydrogens is 240 g/mol. The first-order valence-corrected chi connectivity index (χ1v) is 6.31. The largest absolute Gasteiger partial charge is 0.382 e. The van der Waals surface area contributed by atoms with Crippen LogP contribution < -0.4 is 5.32 Å². The third-order valence-electron chi connectivity index (χ3n) is 2.56. The van der Waals surface area contributed by atoms with Crippen molar-refractivity contribution in [1.82, 2.24) is 0 Å². The van der Waals surface area contributed by atoms with Crippen molar-refractivity contribution in [3.05, 3.63) is 51.7 Å². The van der Waals surface area contributed by atoms with E-state index in [-0.39, 0.29) is 11.5 Å². The van der Waals surface area contributed by atoms with Gasteiger partial charge in [0.05, 0.1) is 5.69 Å². The van der Waals surface area contributed by atoms with Crippen LogP contribution in [0.15, 0.2) is 29.0 Å². The van der Waals surface area contributed by atoms with E-state index < -0.39 is 5.82 Å². The second kappa shape index (κ2) is 5.27. The number of benzene rings is 1. The number of nitrogens with one attached hydrogen (secondary N) is 1. The topological polar surface area (TPSA) is 12.0 Å². The molecule has 0 saturated carbocycles. The van der Waals surface area contributed by atoms with Crippen LogP contribution in [0.4, 0.5) is 14.5 Å². The van der Waals surface area contributed by atoms with E-state index in [1.165, 1.54) is 17.7 Å². The highest BCUT2D eigenvalue weighted by Crippen LogP contribution is 2.18. The number of rotatable bonds is 4. The molecule has 0 bridgehead atoms. The first-order chi connectivity index (χ1) is 8.16. The molecular formula is C13H13F2NS. The van der Waals surface area contributed by atoms with Crippen LogP contribution in [0.5, 0.6) is 0 Å². The fraction of sp³-hybridized carbons (Fsp3) is 0.231. The second-order valence-electron chi connectivity index (χ2n) is 3.89. The maximum Gasteiger partial charge on any atom is 0.146 e. The van der Waals surface area contributed by atoms with Crippen LogP contribution in [-0.2, 0) is 6.42 Å². The molecule has 0 radical (unpaired) electrons. The van der Waals surface area contributed by atoms with Crippen LogP contribution in [-0.4, -0.2) is 6.54 Å². The molecule has 1 heterocycles. The molecule has 0 atom stereocenters. The van der Waals surface area contributed by atoms with Crippen molar-refractivity contribution in [2.75, 3.05) is 11.9 Å². The Labute approximate surface area is 103 Å². The fourth-order valence-electron chi connectivity index (χ4n) is 1.56. The summed E-state index contributed by atoms with van der Waals surface area (Å²) in [5.41, 5.74) is 1.75. The van der Waals surface area contributed by atoms with Gasteiger partial charge in [-0.25, -0.2) is 8.78 Å². The molecule has 0 aliphatic carbocycles. The van der Waals surface area contributed by atoms with Crippen molar-refractivity contribution >= 4 is 17.0 Å². The van der Waals surface area contributed by atoms with Gasteiger partial charge in [-0.3, -0.25) is 0 Å². The molecule has 0 saturated heterocycles. The standard InChI is InChI=1S/C13H13F2NS/c1-9-6-12(15)13(7-11(9)14)16-4-2-10-3-5-17-8-10/h3,5-8,16H,2,4H2,1H3. The fourth-order valence-corrected chi connectivity index (χ4v) is 2.26. The maximum atomic E-state index is 13.5. The molecule has 1 aromatic carbocycles. The second-order valence-corrected chi connectivity index (χ2v) is 4.67. The minimum Gasteiger partial charge on any atom is -0.382 e. The van der Waals surface area contributed by atoms with E-state index >= 15 is 0 Å². The summed E-state index contributed by atoms with van der Waals surface area (Å²) in [7, 11) is 0. The van der Waals surface area contributed by atoms with Crippen molar-refractivity contribution in [2.24, 2.45) is 0 Å². The van der Waals surface area contributed by atoms with Crippen molar-refractivity contribution in [3.63, 3.8) is 0 Å². The average Bonchev–Trinajstić information content (AvgIpc) is 2.78. The van der Waals surface area contributed by atoms with E-state index in [2.05, 4.69) is 5.32 Å². The van der Waals surface area contributed by atoms with Gasteiger partial charge in [-0.05, 0) is 47.4 Å². The van der Waals surface area contributed by atoms with Crippen LogP contribution in [0.3, 0.4) is 0 Å². The summed E-state index contributed by atoms with van der Waals surface area (Å²) in [6.07, 6.45) is 0.804. The summed E-state index contributed by atoms with van der Waals surface area (Å²) < 4.78 is 26.7. The summed E-state index contributed by atoms with van der Waals surface area (Å²) in [6, 6.07) is 4.44. The highest BCUT2D eigenvalue weighted by Gasteiger charge is 2.06. The molecule has 0 amide bonds. The van der Waals surface area contributed by atoms with Crippen molar-refractivity contribution < 1.29 is 8.78 Å². The van der Waals surface area contributed by atoms with Crippen LogP contribution in [0.2, 0.25) is 0 Å². The summed E-state index contributed by atoms with van der Waals surface area (Å²) >= 11 is 1.63. The highest BCUT2D eigenvalue weighted by atomic mass is 32.1. The molecule has 2 rings (SSSR count). The molecule has 0 spiro atoms. The Balaban J connectivity index is 1.97. The SMILES string of the molecule is Cc1cc(F)c(NCCc2ccsc2)cc1F. The predicted octanol–water partition coefficient (Wildman–Crippen LogP) is 3.99. The summed E-state index contributed by atoms with van der Waals surface area (Å²) in [6.45, 7) is 2.14. The van der Waals surface area contributed by atoms with E-state index in [1.807, 2.05) is 16.8 Å². The lowest BCUT2D eigenvalue weighted by Gasteiger charge is -2.08. The molecule has 1 nitrogen and oxygen atoms in total. The molecule has 2 aromatic rings. The molecule has 1 N–H and O–H groups in total. The van der Waals surface area contributed by atoms with E-state index in [1.54, 1.807) is 18.3 Å². The van der Waals surface area contributed by atoms with E-state index in [9.17, 15) is 8.78 Å². The van der Waals surface area contributed by atoms with Gasteiger partial charge in [0.2, 0.25) is 0 Å².